The molecule has 0 aromatic heterocycles. The summed E-state index contributed by atoms with van der Waals surface area (Å²) >= 11 is 1.85. The second kappa shape index (κ2) is 13.1. The zero-order valence-corrected chi connectivity index (χ0v) is 19.5. The first-order valence-corrected chi connectivity index (χ1v) is 11.9. The average Bonchev–Trinajstić information content (AvgIpc) is 2.85. The Hall–Kier alpha value is -3.51. The molecule has 0 aliphatic carbocycles. The van der Waals surface area contributed by atoms with Gasteiger partial charge >= 0.3 is 0 Å². The Morgan fingerprint density at radius 3 is 2.39 bits per heavy atom. The van der Waals surface area contributed by atoms with Crippen LogP contribution in [0.5, 0.6) is 11.5 Å². The molecule has 0 saturated heterocycles. The number of thioether (sulfide) groups is 1. The van der Waals surface area contributed by atoms with Crippen molar-refractivity contribution in [3.63, 3.8) is 0 Å². The van der Waals surface area contributed by atoms with Crippen LogP contribution in [0.15, 0.2) is 90.6 Å². The van der Waals surface area contributed by atoms with E-state index >= 15 is 0 Å². The number of benzene rings is 3. The van der Waals surface area contributed by atoms with Gasteiger partial charge in [0.25, 0.3) is 5.91 Å². The Bertz CT molecular complexity index is 1070. The van der Waals surface area contributed by atoms with Gasteiger partial charge in [0.1, 0.15) is 6.61 Å². The summed E-state index contributed by atoms with van der Waals surface area (Å²) < 4.78 is 11.2. The number of ether oxygens (including phenoxy) is 2. The van der Waals surface area contributed by atoms with Gasteiger partial charge in [-0.25, -0.2) is 5.43 Å². The average molecular weight is 461 g/mol. The highest BCUT2D eigenvalue weighted by atomic mass is 32.2. The third-order valence-corrected chi connectivity index (χ3v) is 5.68. The first kappa shape index (κ1) is 24.1. The van der Waals surface area contributed by atoms with Crippen molar-refractivity contribution in [2.45, 2.75) is 18.4 Å². The van der Waals surface area contributed by atoms with Crippen molar-refractivity contribution < 1.29 is 14.3 Å². The predicted molar refractivity (Wildman–Crippen MR) is 136 cm³/mol. The van der Waals surface area contributed by atoms with E-state index in [9.17, 15) is 4.79 Å². The molecule has 1 amide bonds. The molecule has 5 nitrogen and oxygen atoms in total. The minimum absolute atomic E-state index is 0.259. The van der Waals surface area contributed by atoms with Crippen molar-refractivity contribution in [2.24, 2.45) is 5.10 Å². The third-order valence-electron chi connectivity index (χ3n) is 4.60. The predicted octanol–water partition coefficient (Wildman–Crippen LogP) is 5.85. The molecule has 6 heteroatoms. The largest absolute Gasteiger partial charge is 0.490 e. The van der Waals surface area contributed by atoms with Gasteiger partial charge in [0.05, 0.1) is 12.8 Å². The Balaban J connectivity index is 1.51. The van der Waals surface area contributed by atoms with Gasteiger partial charge in [0.15, 0.2) is 11.5 Å². The zero-order chi connectivity index (χ0) is 23.3. The van der Waals surface area contributed by atoms with E-state index < -0.39 is 0 Å². The molecule has 3 aromatic carbocycles. The first-order chi connectivity index (χ1) is 16.2. The molecule has 0 spiro atoms. The van der Waals surface area contributed by atoms with E-state index in [-0.39, 0.29) is 5.91 Å². The monoisotopic (exact) mass is 460 g/mol. The fourth-order valence-corrected chi connectivity index (χ4v) is 3.94. The molecular weight excluding hydrogens is 432 g/mol. The van der Waals surface area contributed by atoms with E-state index in [0.29, 0.717) is 30.3 Å². The summed E-state index contributed by atoms with van der Waals surface area (Å²) in [6.07, 6.45) is 3.25. The van der Waals surface area contributed by atoms with Gasteiger partial charge in [-0.15, -0.1) is 0 Å². The summed E-state index contributed by atoms with van der Waals surface area (Å²) in [4.78, 5) is 12.4. The highest BCUT2D eigenvalue weighted by Crippen LogP contribution is 2.28. The summed E-state index contributed by atoms with van der Waals surface area (Å²) in [5.74, 6) is 2.86. The van der Waals surface area contributed by atoms with Crippen LogP contribution in [0.4, 0.5) is 0 Å². The molecule has 0 aliphatic rings. The summed E-state index contributed by atoms with van der Waals surface area (Å²) in [7, 11) is 0. The maximum absolute atomic E-state index is 12.4. The smallest absolute Gasteiger partial charge is 0.271 e. The van der Waals surface area contributed by atoms with E-state index in [0.717, 1.165) is 17.1 Å². The molecule has 1 N–H and O–H groups in total. The topological polar surface area (TPSA) is 59.9 Å². The lowest BCUT2D eigenvalue weighted by molar-refractivity contribution is 0.0955. The number of amides is 1. The molecule has 0 radical (unpaired) electrons. The fraction of sp³-hybridized carbons (Fsp3) is 0.185. The van der Waals surface area contributed by atoms with E-state index in [2.05, 4.69) is 41.4 Å². The minimum Gasteiger partial charge on any atom is -0.490 e. The molecule has 3 aromatic rings. The zero-order valence-electron chi connectivity index (χ0n) is 18.7. The number of nitrogens with zero attached hydrogens (tertiary/aromatic N) is 1. The SMILES string of the molecule is C=CCOc1ccc(/C=N\NC(=O)c2ccc(CSCc3ccccc3)cc2)cc1OCC. The molecule has 0 aliphatic heterocycles. The summed E-state index contributed by atoms with van der Waals surface area (Å²) in [6.45, 7) is 6.47. The number of hydrogen-bond donors (Lipinski definition) is 1. The lowest BCUT2D eigenvalue weighted by atomic mass is 10.1. The van der Waals surface area contributed by atoms with E-state index in [4.69, 9.17) is 9.47 Å². The molecule has 3 rings (SSSR count). The molecular formula is C27H28N2O3S. The van der Waals surface area contributed by atoms with Crippen LogP contribution in [0.25, 0.3) is 0 Å². The summed E-state index contributed by atoms with van der Waals surface area (Å²) in [6, 6.07) is 23.5. The minimum atomic E-state index is -0.259. The number of rotatable bonds is 12. The van der Waals surface area contributed by atoms with Gasteiger partial charge in [-0.2, -0.15) is 16.9 Å². The molecule has 170 valence electrons. The fourth-order valence-electron chi connectivity index (χ4n) is 2.98. The lowest BCUT2D eigenvalue weighted by Crippen LogP contribution is -2.17. The number of hydrogen-bond acceptors (Lipinski definition) is 5. The van der Waals surface area contributed by atoms with Crippen LogP contribution in [0.2, 0.25) is 0 Å². The van der Waals surface area contributed by atoms with Crippen LogP contribution in [0.3, 0.4) is 0 Å². The highest BCUT2D eigenvalue weighted by molar-refractivity contribution is 7.97. The standard InChI is InChI=1S/C27H28N2O3S/c1-3-16-32-25-15-12-23(17-26(25)31-4-2)18-28-29-27(30)24-13-10-22(11-14-24)20-33-19-21-8-6-5-7-9-21/h3,5-15,17-18H,1,4,16,19-20H2,2H3,(H,29,30)/b28-18-. The quantitative estimate of drug-likeness (QED) is 0.209. The van der Waals surface area contributed by atoms with Crippen LogP contribution >= 0.6 is 11.8 Å². The Labute approximate surface area is 199 Å². The van der Waals surface area contributed by atoms with Gasteiger partial charge in [0.2, 0.25) is 0 Å². The normalized spacial score (nSPS) is 10.7. The second-order valence-corrected chi connectivity index (χ2v) is 8.10. The van der Waals surface area contributed by atoms with Crippen LogP contribution in [-0.4, -0.2) is 25.3 Å². The van der Waals surface area contributed by atoms with E-state index in [1.165, 1.54) is 11.1 Å². The van der Waals surface area contributed by atoms with Crippen LogP contribution in [0.1, 0.15) is 34.0 Å². The molecule has 0 atom stereocenters. The highest BCUT2D eigenvalue weighted by Gasteiger charge is 2.07. The lowest BCUT2D eigenvalue weighted by Gasteiger charge is -2.11. The van der Waals surface area contributed by atoms with Crippen molar-refractivity contribution in [3.05, 3.63) is 108 Å². The van der Waals surface area contributed by atoms with E-state index in [1.54, 1.807) is 12.3 Å². The summed E-state index contributed by atoms with van der Waals surface area (Å²) in [5, 5.41) is 4.08. The maximum Gasteiger partial charge on any atom is 0.271 e. The van der Waals surface area contributed by atoms with Gasteiger partial charge in [-0.05, 0) is 53.9 Å². The summed E-state index contributed by atoms with van der Waals surface area (Å²) in [5.41, 5.74) is 6.41. The maximum atomic E-state index is 12.4. The first-order valence-electron chi connectivity index (χ1n) is 10.7. The van der Waals surface area contributed by atoms with Crippen molar-refractivity contribution in [1.82, 2.24) is 5.43 Å². The third kappa shape index (κ3) is 7.84. The molecule has 0 heterocycles. The van der Waals surface area contributed by atoms with Crippen molar-refractivity contribution >= 4 is 23.9 Å². The Morgan fingerprint density at radius 2 is 1.70 bits per heavy atom. The number of carbonyl (C=O) groups is 1. The second-order valence-electron chi connectivity index (χ2n) is 7.11. The van der Waals surface area contributed by atoms with Crippen molar-refractivity contribution in [2.75, 3.05) is 13.2 Å². The van der Waals surface area contributed by atoms with Gasteiger partial charge < -0.3 is 9.47 Å². The number of nitrogens with one attached hydrogen (secondary N) is 1. The number of hydrazone groups is 1. The van der Waals surface area contributed by atoms with Gasteiger partial charge in [-0.3, -0.25) is 4.79 Å². The Kier molecular flexibility index (Phi) is 9.61. The van der Waals surface area contributed by atoms with Crippen LogP contribution in [-0.2, 0) is 11.5 Å². The number of carbonyl (C=O) groups excluding carboxylic acids is 1. The van der Waals surface area contributed by atoms with Crippen LogP contribution < -0.4 is 14.9 Å². The van der Waals surface area contributed by atoms with Gasteiger partial charge in [0, 0.05) is 17.1 Å². The van der Waals surface area contributed by atoms with Gasteiger partial charge in [-0.1, -0.05) is 55.1 Å². The molecule has 0 bridgehead atoms. The Morgan fingerprint density at radius 1 is 0.970 bits per heavy atom. The molecule has 0 fully saturated rings. The van der Waals surface area contributed by atoms with E-state index in [1.807, 2.05) is 67.2 Å². The molecule has 33 heavy (non-hydrogen) atoms. The van der Waals surface area contributed by atoms with Crippen molar-refractivity contribution in [3.8, 4) is 11.5 Å². The molecule has 0 saturated carbocycles. The van der Waals surface area contributed by atoms with Crippen molar-refractivity contribution in [1.29, 1.82) is 0 Å². The van der Waals surface area contributed by atoms with Crippen LogP contribution in [0, 0.1) is 0 Å². The molecule has 0 unspecified atom stereocenters.